The van der Waals surface area contributed by atoms with E-state index in [0.717, 1.165) is 56.6 Å². The van der Waals surface area contributed by atoms with Crippen molar-refractivity contribution in [3.63, 3.8) is 0 Å². The van der Waals surface area contributed by atoms with Gasteiger partial charge in [0.05, 0.1) is 11.4 Å². The van der Waals surface area contributed by atoms with Crippen molar-refractivity contribution in [3.8, 4) is 0 Å². The molecule has 0 heterocycles. The SMILES string of the molecule is C(=Nc1ccccc1N=Cc1cccc(N(c2ccccc2)c2ccccc2)c1)c1cccc(N(c2ccccc2)c2ccccc2)c1. The molecule has 0 aliphatic rings. The standard InChI is InChI=1S/C44H34N4/c1-5-19-37(20-6-1)47(38-21-7-2-8-22-38)41-27-15-17-35(31-41)33-45-43-29-13-14-30-44(43)46-34-36-18-16-28-42(32-36)48(39-23-9-3-10-24-39)40-25-11-4-12-26-40/h1-34H. The maximum atomic E-state index is 4.89. The van der Waals surface area contributed by atoms with Gasteiger partial charge in [-0.25, -0.2) is 0 Å². The van der Waals surface area contributed by atoms with Crippen LogP contribution in [-0.4, -0.2) is 12.4 Å². The van der Waals surface area contributed by atoms with E-state index in [4.69, 9.17) is 9.98 Å². The van der Waals surface area contributed by atoms with Crippen molar-refractivity contribution in [2.24, 2.45) is 9.98 Å². The van der Waals surface area contributed by atoms with E-state index in [1.165, 1.54) is 0 Å². The summed E-state index contributed by atoms with van der Waals surface area (Å²) in [6, 6.07) is 66.5. The fourth-order valence-corrected chi connectivity index (χ4v) is 5.66. The summed E-state index contributed by atoms with van der Waals surface area (Å²) in [4.78, 5) is 14.3. The van der Waals surface area contributed by atoms with Gasteiger partial charge in [-0.1, -0.05) is 109 Å². The molecule has 0 aliphatic heterocycles. The number of aliphatic imine (C=N–C) groups is 2. The van der Waals surface area contributed by atoms with E-state index in [-0.39, 0.29) is 0 Å². The van der Waals surface area contributed by atoms with Gasteiger partial charge in [-0.05, 0) is 96.1 Å². The minimum atomic E-state index is 0.800. The maximum Gasteiger partial charge on any atom is 0.0886 e. The van der Waals surface area contributed by atoms with Crippen molar-refractivity contribution in [2.75, 3.05) is 9.80 Å². The Balaban J connectivity index is 1.15. The molecule has 0 spiro atoms. The van der Waals surface area contributed by atoms with Gasteiger partial charge in [0.1, 0.15) is 0 Å². The average molecular weight is 619 g/mol. The van der Waals surface area contributed by atoms with E-state index in [0.29, 0.717) is 0 Å². The Labute approximate surface area is 282 Å². The van der Waals surface area contributed by atoms with Crippen molar-refractivity contribution in [3.05, 3.63) is 205 Å². The lowest BCUT2D eigenvalue weighted by molar-refractivity contribution is 1.28. The van der Waals surface area contributed by atoms with Crippen molar-refractivity contribution in [1.29, 1.82) is 0 Å². The van der Waals surface area contributed by atoms with Crippen molar-refractivity contribution in [2.45, 2.75) is 0 Å². The molecule has 230 valence electrons. The molecule has 48 heavy (non-hydrogen) atoms. The van der Waals surface area contributed by atoms with Crippen LogP contribution in [0, 0.1) is 0 Å². The molecular formula is C44H34N4. The summed E-state index contributed by atoms with van der Waals surface area (Å²) in [5.41, 5.74) is 10.1. The first-order chi connectivity index (χ1) is 23.8. The van der Waals surface area contributed by atoms with Crippen LogP contribution in [0.1, 0.15) is 11.1 Å². The molecule has 7 rings (SSSR count). The number of para-hydroxylation sites is 6. The number of benzene rings is 7. The van der Waals surface area contributed by atoms with Gasteiger partial charge in [0.25, 0.3) is 0 Å². The van der Waals surface area contributed by atoms with Crippen molar-refractivity contribution in [1.82, 2.24) is 0 Å². The zero-order valence-corrected chi connectivity index (χ0v) is 26.4. The summed E-state index contributed by atoms with van der Waals surface area (Å²) in [5, 5.41) is 0. The fourth-order valence-electron chi connectivity index (χ4n) is 5.66. The molecule has 4 nitrogen and oxygen atoms in total. The van der Waals surface area contributed by atoms with E-state index in [2.05, 4.69) is 155 Å². The van der Waals surface area contributed by atoms with Crippen molar-refractivity contribution >= 4 is 57.9 Å². The molecule has 0 bridgehead atoms. The van der Waals surface area contributed by atoms with Gasteiger partial charge in [-0.15, -0.1) is 0 Å². The van der Waals surface area contributed by atoms with Crippen LogP contribution in [0.2, 0.25) is 0 Å². The third kappa shape index (κ3) is 7.14. The number of rotatable bonds is 10. The van der Waals surface area contributed by atoms with Crippen LogP contribution in [0.25, 0.3) is 0 Å². The highest BCUT2D eigenvalue weighted by Crippen LogP contribution is 2.36. The predicted octanol–water partition coefficient (Wildman–Crippen LogP) is 12.1. The summed E-state index contributed by atoms with van der Waals surface area (Å²) >= 11 is 0. The molecule has 7 aromatic carbocycles. The van der Waals surface area contributed by atoms with E-state index < -0.39 is 0 Å². The highest BCUT2D eigenvalue weighted by molar-refractivity contribution is 5.90. The first kappa shape index (κ1) is 30.2. The quantitative estimate of drug-likeness (QED) is 0.143. The first-order valence-corrected chi connectivity index (χ1v) is 16.0. The zero-order valence-electron chi connectivity index (χ0n) is 26.4. The predicted molar refractivity (Wildman–Crippen MR) is 203 cm³/mol. The highest BCUT2D eigenvalue weighted by Gasteiger charge is 2.13. The van der Waals surface area contributed by atoms with Crippen LogP contribution < -0.4 is 9.80 Å². The molecule has 7 aromatic rings. The number of anilines is 6. The van der Waals surface area contributed by atoms with Gasteiger partial charge in [-0.3, -0.25) is 9.98 Å². The lowest BCUT2D eigenvalue weighted by Crippen LogP contribution is -2.09. The van der Waals surface area contributed by atoms with Gasteiger partial charge in [0.2, 0.25) is 0 Å². The Morgan fingerprint density at radius 1 is 0.292 bits per heavy atom. The van der Waals surface area contributed by atoms with Gasteiger partial charge < -0.3 is 9.80 Å². The largest absolute Gasteiger partial charge is 0.310 e. The van der Waals surface area contributed by atoms with E-state index >= 15 is 0 Å². The van der Waals surface area contributed by atoms with Crippen LogP contribution in [0.5, 0.6) is 0 Å². The van der Waals surface area contributed by atoms with Crippen molar-refractivity contribution < 1.29 is 0 Å². The summed E-state index contributed by atoms with van der Waals surface area (Å²) < 4.78 is 0. The van der Waals surface area contributed by atoms with Gasteiger partial charge in [0.15, 0.2) is 0 Å². The van der Waals surface area contributed by atoms with Crippen LogP contribution in [-0.2, 0) is 0 Å². The van der Waals surface area contributed by atoms with Crippen LogP contribution in [0.15, 0.2) is 204 Å². The van der Waals surface area contributed by atoms with Gasteiger partial charge in [-0.2, -0.15) is 0 Å². The normalized spacial score (nSPS) is 11.2. The number of hydrogen-bond donors (Lipinski definition) is 0. The second-order valence-corrected chi connectivity index (χ2v) is 11.2. The third-order valence-electron chi connectivity index (χ3n) is 7.90. The number of nitrogens with zero attached hydrogens (tertiary/aromatic N) is 4. The summed E-state index contributed by atoms with van der Waals surface area (Å²) in [5.74, 6) is 0. The average Bonchev–Trinajstić information content (AvgIpc) is 3.16. The Morgan fingerprint density at radius 3 is 0.917 bits per heavy atom. The highest BCUT2D eigenvalue weighted by atomic mass is 15.1. The van der Waals surface area contributed by atoms with Crippen LogP contribution in [0.3, 0.4) is 0 Å². The summed E-state index contributed by atoms with van der Waals surface area (Å²) in [6.45, 7) is 0. The van der Waals surface area contributed by atoms with Gasteiger partial charge >= 0.3 is 0 Å². The Hall–Kier alpha value is -6.52. The number of hydrogen-bond acceptors (Lipinski definition) is 4. The molecule has 0 unspecified atom stereocenters. The lowest BCUT2D eigenvalue weighted by Gasteiger charge is -2.25. The minimum absolute atomic E-state index is 0.800. The molecule has 0 aromatic heterocycles. The van der Waals surface area contributed by atoms with E-state index in [1.54, 1.807) is 0 Å². The Bertz CT molecular complexity index is 1890. The van der Waals surface area contributed by atoms with E-state index in [9.17, 15) is 0 Å². The molecular weight excluding hydrogens is 585 g/mol. The summed E-state index contributed by atoms with van der Waals surface area (Å²) in [7, 11) is 0. The molecule has 0 amide bonds. The molecule has 0 radical (unpaired) electrons. The molecule has 0 atom stereocenters. The molecule has 0 saturated carbocycles. The smallest absolute Gasteiger partial charge is 0.0886 e. The monoisotopic (exact) mass is 618 g/mol. The van der Waals surface area contributed by atoms with Crippen LogP contribution in [0.4, 0.5) is 45.5 Å². The second kappa shape index (κ2) is 14.7. The maximum absolute atomic E-state index is 4.89. The lowest BCUT2D eigenvalue weighted by atomic mass is 10.1. The molecule has 0 aliphatic carbocycles. The third-order valence-corrected chi connectivity index (χ3v) is 7.90. The second-order valence-electron chi connectivity index (χ2n) is 11.2. The molecule has 0 N–H and O–H groups in total. The minimum Gasteiger partial charge on any atom is -0.310 e. The van der Waals surface area contributed by atoms with Gasteiger partial charge in [0, 0.05) is 46.6 Å². The molecule has 0 saturated heterocycles. The first-order valence-electron chi connectivity index (χ1n) is 16.0. The summed E-state index contributed by atoms with van der Waals surface area (Å²) in [6.07, 6.45) is 3.81. The zero-order chi connectivity index (χ0) is 32.4. The molecule has 4 heteroatoms. The van der Waals surface area contributed by atoms with Crippen LogP contribution >= 0.6 is 0 Å². The molecule has 0 fully saturated rings. The Morgan fingerprint density at radius 2 is 0.583 bits per heavy atom. The fraction of sp³-hybridized carbons (Fsp3) is 0. The topological polar surface area (TPSA) is 31.2 Å². The Kier molecular flexibility index (Phi) is 9.24. The van der Waals surface area contributed by atoms with E-state index in [1.807, 2.05) is 61.0 Å².